The maximum Gasteiger partial charge on any atom is 0.0976 e. The molecule has 0 unspecified atom stereocenters. The molecule has 1 aromatic rings. The van der Waals surface area contributed by atoms with Gasteiger partial charge in [0.05, 0.1) is 13.3 Å². The van der Waals surface area contributed by atoms with Gasteiger partial charge < -0.3 is 5.32 Å². The molecule has 0 aromatic heterocycles. The molecule has 5 heteroatoms. The Morgan fingerprint density at radius 1 is 1.12 bits per heavy atom. The average molecular weight is 357 g/mol. The molecule has 3 rings (SSSR count). The van der Waals surface area contributed by atoms with Crippen LogP contribution in [0, 0.1) is 11.3 Å². The van der Waals surface area contributed by atoms with Crippen LogP contribution in [0.2, 0.25) is 5.02 Å². The molecule has 1 aliphatic carbocycles. The first-order valence-electron chi connectivity index (χ1n) is 8.95. The third-order valence-electron chi connectivity index (χ3n) is 5.68. The first-order valence-corrected chi connectivity index (χ1v) is 9.33. The van der Waals surface area contributed by atoms with E-state index < -0.39 is 18.8 Å². The lowest BCUT2D eigenvalue weighted by molar-refractivity contribution is 0.0221. The largest absolute Gasteiger partial charge is 0.314 e. The molecule has 0 radical (unpaired) electrons. The molecule has 1 aromatic carbocycles. The van der Waals surface area contributed by atoms with Crippen LogP contribution in [0.25, 0.3) is 0 Å². The standard InChI is InChI=1S/C19H27ClF2N2/c20-18-4-2-1-3-16(18)12-24-7-5-15(6-8-24)11-23-17-9-19(10-17,13-21)14-22/h1-4,15,17,23H,5-14H2. The minimum absolute atomic E-state index is 0.303. The van der Waals surface area contributed by atoms with Crippen molar-refractivity contribution in [2.45, 2.75) is 38.3 Å². The van der Waals surface area contributed by atoms with Crippen LogP contribution in [-0.2, 0) is 6.54 Å². The first kappa shape index (κ1) is 18.1. The summed E-state index contributed by atoms with van der Waals surface area (Å²) in [5, 5.41) is 4.36. The van der Waals surface area contributed by atoms with Gasteiger partial charge in [-0.1, -0.05) is 29.8 Å². The highest BCUT2D eigenvalue weighted by atomic mass is 35.5. The van der Waals surface area contributed by atoms with E-state index in [9.17, 15) is 8.78 Å². The highest BCUT2D eigenvalue weighted by Gasteiger charge is 2.44. The average Bonchev–Trinajstić information content (AvgIpc) is 2.58. The van der Waals surface area contributed by atoms with Crippen LogP contribution in [0.4, 0.5) is 8.78 Å². The Morgan fingerprint density at radius 2 is 1.79 bits per heavy atom. The minimum Gasteiger partial charge on any atom is -0.314 e. The number of likely N-dealkylation sites (tertiary alicyclic amines) is 1. The van der Waals surface area contributed by atoms with Crippen molar-refractivity contribution < 1.29 is 8.78 Å². The van der Waals surface area contributed by atoms with Gasteiger partial charge in [0.15, 0.2) is 0 Å². The van der Waals surface area contributed by atoms with Gasteiger partial charge in [0.2, 0.25) is 0 Å². The maximum absolute atomic E-state index is 12.8. The van der Waals surface area contributed by atoms with Crippen LogP contribution in [-0.4, -0.2) is 43.9 Å². The molecule has 134 valence electrons. The molecule has 1 saturated carbocycles. The Hall–Kier alpha value is -0.710. The molecule has 0 spiro atoms. The number of nitrogens with zero attached hydrogens (tertiary/aromatic N) is 1. The number of halogens is 3. The summed E-state index contributed by atoms with van der Waals surface area (Å²) in [6.45, 7) is 3.00. The van der Waals surface area contributed by atoms with Gasteiger partial charge in [0.25, 0.3) is 0 Å². The van der Waals surface area contributed by atoms with E-state index in [4.69, 9.17) is 11.6 Å². The molecule has 1 heterocycles. The fourth-order valence-electron chi connectivity index (χ4n) is 3.93. The summed E-state index contributed by atoms with van der Waals surface area (Å²) in [5.41, 5.74) is 0.523. The van der Waals surface area contributed by atoms with Gasteiger partial charge >= 0.3 is 0 Å². The lowest BCUT2D eigenvalue weighted by Gasteiger charge is -2.45. The Bertz CT molecular complexity index is 520. The van der Waals surface area contributed by atoms with Crippen LogP contribution in [0.1, 0.15) is 31.2 Å². The molecule has 0 atom stereocenters. The molecule has 0 amide bonds. The van der Waals surface area contributed by atoms with Crippen molar-refractivity contribution in [3.63, 3.8) is 0 Å². The van der Waals surface area contributed by atoms with E-state index in [-0.39, 0.29) is 0 Å². The summed E-state index contributed by atoms with van der Waals surface area (Å²) < 4.78 is 25.7. The Kier molecular flexibility index (Phi) is 6.12. The van der Waals surface area contributed by atoms with E-state index in [1.54, 1.807) is 0 Å². The normalized spacial score (nSPS) is 22.5. The zero-order valence-electron chi connectivity index (χ0n) is 14.1. The van der Waals surface area contributed by atoms with Gasteiger partial charge in [-0.3, -0.25) is 13.7 Å². The van der Waals surface area contributed by atoms with Gasteiger partial charge in [-0.25, -0.2) is 0 Å². The summed E-state index contributed by atoms with van der Waals surface area (Å²) in [6, 6.07) is 8.34. The Morgan fingerprint density at radius 3 is 2.42 bits per heavy atom. The summed E-state index contributed by atoms with van der Waals surface area (Å²) in [7, 11) is 0. The third-order valence-corrected chi connectivity index (χ3v) is 6.05. The minimum atomic E-state index is -0.671. The van der Waals surface area contributed by atoms with Gasteiger partial charge in [0, 0.05) is 23.0 Å². The second-order valence-electron chi connectivity index (χ2n) is 7.59. The van der Waals surface area contributed by atoms with Crippen molar-refractivity contribution in [2.24, 2.45) is 11.3 Å². The summed E-state index contributed by atoms with van der Waals surface area (Å²) >= 11 is 6.24. The van der Waals surface area contributed by atoms with Crippen molar-refractivity contribution in [1.82, 2.24) is 10.2 Å². The molecule has 24 heavy (non-hydrogen) atoms. The maximum atomic E-state index is 12.8. The molecule has 1 N–H and O–H groups in total. The van der Waals surface area contributed by atoms with Crippen molar-refractivity contribution >= 4 is 11.6 Å². The fourth-order valence-corrected chi connectivity index (χ4v) is 4.13. The molecule has 1 saturated heterocycles. The van der Waals surface area contributed by atoms with Crippen LogP contribution in [0.3, 0.4) is 0 Å². The van der Waals surface area contributed by atoms with Gasteiger partial charge in [-0.15, -0.1) is 0 Å². The lowest BCUT2D eigenvalue weighted by atomic mass is 9.67. The zero-order valence-corrected chi connectivity index (χ0v) is 14.9. The summed E-state index contributed by atoms with van der Waals surface area (Å²) in [4.78, 5) is 2.46. The van der Waals surface area contributed by atoms with E-state index in [1.165, 1.54) is 18.4 Å². The topological polar surface area (TPSA) is 15.3 Å². The Labute approximate surface area is 148 Å². The number of hydrogen-bond acceptors (Lipinski definition) is 2. The van der Waals surface area contributed by atoms with Gasteiger partial charge in [-0.2, -0.15) is 0 Å². The SMILES string of the molecule is FCC1(CF)CC(NCC2CCN(Cc3ccccc3Cl)CC2)C1. The third kappa shape index (κ3) is 4.27. The van der Waals surface area contributed by atoms with Crippen LogP contribution in [0.5, 0.6) is 0 Å². The Balaban J connectivity index is 1.35. The number of alkyl halides is 2. The summed E-state index contributed by atoms with van der Waals surface area (Å²) in [6.07, 6.45) is 3.62. The van der Waals surface area contributed by atoms with Gasteiger partial charge in [0.1, 0.15) is 0 Å². The quantitative estimate of drug-likeness (QED) is 0.786. The number of rotatable bonds is 7. The van der Waals surface area contributed by atoms with Crippen molar-refractivity contribution in [3.05, 3.63) is 34.9 Å². The van der Waals surface area contributed by atoms with Crippen LogP contribution < -0.4 is 5.32 Å². The number of nitrogens with one attached hydrogen (secondary N) is 1. The molecule has 1 aliphatic heterocycles. The van der Waals surface area contributed by atoms with Crippen molar-refractivity contribution in [2.75, 3.05) is 33.0 Å². The smallest absolute Gasteiger partial charge is 0.0976 e. The molecule has 0 bridgehead atoms. The van der Waals surface area contributed by atoms with Crippen LogP contribution in [0.15, 0.2) is 24.3 Å². The van der Waals surface area contributed by atoms with E-state index in [0.717, 1.165) is 31.2 Å². The fraction of sp³-hybridized carbons (Fsp3) is 0.684. The van der Waals surface area contributed by atoms with Crippen molar-refractivity contribution in [1.29, 1.82) is 0 Å². The number of piperidine rings is 1. The second-order valence-corrected chi connectivity index (χ2v) is 8.00. The van der Waals surface area contributed by atoms with Crippen molar-refractivity contribution in [3.8, 4) is 0 Å². The van der Waals surface area contributed by atoms with E-state index in [2.05, 4.69) is 16.3 Å². The molecular formula is C19H27ClF2N2. The number of benzene rings is 1. The molecule has 2 fully saturated rings. The van der Waals surface area contributed by atoms with E-state index in [1.807, 2.05) is 18.2 Å². The zero-order chi connectivity index (χ0) is 17.0. The predicted octanol–water partition coefficient (Wildman–Crippen LogP) is 4.23. The second kappa shape index (κ2) is 8.11. The monoisotopic (exact) mass is 356 g/mol. The molecule has 2 nitrogen and oxygen atoms in total. The predicted molar refractivity (Wildman–Crippen MR) is 94.9 cm³/mol. The number of hydrogen-bond donors (Lipinski definition) is 1. The lowest BCUT2D eigenvalue weighted by Crippen LogP contribution is -2.52. The van der Waals surface area contributed by atoms with E-state index >= 15 is 0 Å². The van der Waals surface area contributed by atoms with Gasteiger partial charge in [-0.05, 0) is 62.9 Å². The first-order chi connectivity index (χ1) is 11.6. The highest BCUT2D eigenvalue weighted by Crippen LogP contribution is 2.42. The molecular weight excluding hydrogens is 330 g/mol. The van der Waals surface area contributed by atoms with E-state index in [0.29, 0.717) is 24.8 Å². The molecule has 2 aliphatic rings. The summed E-state index contributed by atoms with van der Waals surface area (Å²) in [5.74, 6) is 0.665. The highest BCUT2D eigenvalue weighted by molar-refractivity contribution is 6.31. The van der Waals surface area contributed by atoms with Crippen LogP contribution >= 0.6 is 11.6 Å².